The SMILES string of the molecule is C=C.C=C.CCC(N)=O. The lowest BCUT2D eigenvalue weighted by molar-refractivity contribution is -0.117. The van der Waals surface area contributed by atoms with Gasteiger partial charge < -0.3 is 5.73 Å². The summed E-state index contributed by atoms with van der Waals surface area (Å²) in [7, 11) is 0. The van der Waals surface area contributed by atoms with Gasteiger partial charge in [0.25, 0.3) is 0 Å². The standard InChI is InChI=1S/C3H7NO.2C2H4/c1-2-3(4)5;2*1-2/h2H2,1H3,(H2,4,5);2*1-2H2. The smallest absolute Gasteiger partial charge is 0.217 e. The topological polar surface area (TPSA) is 43.1 Å². The molecule has 9 heavy (non-hydrogen) atoms. The molecule has 2 heteroatoms. The second-order valence-electron chi connectivity index (χ2n) is 0.820. The number of rotatable bonds is 1. The molecule has 0 fully saturated rings. The fraction of sp³-hybridized carbons (Fsp3) is 0.286. The fourth-order valence-electron chi connectivity index (χ4n) is 0. The lowest BCUT2D eigenvalue weighted by atomic mass is 10.5. The van der Waals surface area contributed by atoms with Gasteiger partial charge in [0.15, 0.2) is 0 Å². The molecular weight excluding hydrogens is 114 g/mol. The van der Waals surface area contributed by atoms with Gasteiger partial charge in [0.05, 0.1) is 0 Å². The van der Waals surface area contributed by atoms with Crippen LogP contribution in [0.4, 0.5) is 0 Å². The molecule has 0 heterocycles. The molecule has 0 radical (unpaired) electrons. The molecule has 0 aromatic rings. The van der Waals surface area contributed by atoms with Gasteiger partial charge in [-0.1, -0.05) is 6.92 Å². The predicted molar refractivity (Wildman–Crippen MR) is 42.0 cm³/mol. The molecule has 0 bridgehead atoms. The van der Waals surface area contributed by atoms with Crippen LogP contribution in [0.5, 0.6) is 0 Å². The normalized spacial score (nSPS) is 5.00. The second-order valence-corrected chi connectivity index (χ2v) is 0.820. The molecule has 0 aliphatic heterocycles. The Morgan fingerprint density at radius 1 is 1.33 bits per heavy atom. The fourth-order valence-corrected chi connectivity index (χ4v) is 0. The highest BCUT2D eigenvalue weighted by molar-refractivity contribution is 5.73. The minimum Gasteiger partial charge on any atom is -0.370 e. The highest BCUT2D eigenvalue weighted by atomic mass is 16.1. The van der Waals surface area contributed by atoms with Gasteiger partial charge >= 0.3 is 0 Å². The summed E-state index contributed by atoms with van der Waals surface area (Å²) in [6, 6.07) is 0. The summed E-state index contributed by atoms with van der Waals surface area (Å²) in [6.07, 6.45) is 0.444. The third-order valence-electron chi connectivity index (χ3n) is 0.348. The van der Waals surface area contributed by atoms with E-state index in [1.165, 1.54) is 0 Å². The van der Waals surface area contributed by atoms with Gasteiger partial charge in [-0.05, 0) is 0 Å². The highest BCUT2D eigenvalue weighted by Crippen LogP contribution is 1.63. The van der Waals surface area contributed by atoms with Crippen molar-refractivity contribution in [2.75, 3.05) is 0 Å². The van der Waals surface area contributed by atoms with Crippen molar-refractivity contribution in [3.05, 3.63) is 26.3 Å². The quantitative estimate of drug-likeness (QED) is 0.535. The van der Waals surface area contributed by atoms with E-state index >= 15 is 0 Å². The van der Waals surface area contributed by atoms with Crippen LogP contribution >= 0.6 is 0 Å². The second kappa shape index (κ2) is 28.3. The Bertz CT molecular complexity index is 59.9. The molecule has 0 rings (SSSR count). The van der Waals surface area contributed by atoms with Crippen LogP contribution < -0.4 is 5.73 Å². The van der Waals surface area contributed by atoms with Crippen LogP contribution in [0, 0.1) is 0 Å². The van der Waals surface area contributed by atoms with E-state index in [1.807, 2.05) is 0 Å². The third-order valence-corrected chi connectivity index (χ3v) is 0.348. The first-order valence-corrected chi connectivity index (χ1v) is 2.55. The molecule has 0 saturated heterocycles. The Morgan fingerprint density at radius 2 is 1.44 bits per heavy atom. The van der Waals surface area contributed by atoms with E-state index in [0.29, 0.717) is 6.42 Å². The number of carbonyl (C=O) groups excluding carboxylic acids is 1. The van der Waals surface area contributed by atoms with Crippen molar-refractivity contribution < 1.29 is 4.79 Å². The van der Waals surface area contributed by atoms with Crippen LogP contribution in [-0.2, 0) is 4.79 Å². The van der Waals surface area contributed by atoms with Crippen LogP contribution in [0.15, 0.2) is 26.3 Å². The van der Waals surface area contributed by atoms with Crippen molar-refractivity contribution >= 4 is 5.91 Å². The zero-order chi connectivity index (χ0) is 8.28. The van der Waals surface area contributed by atoms with E-state index in [2.05, 4.69) is 32.0 Å². The van der Waals surface area contributed by atoms with Crippen molar-refractivity contribution in [2.24, 2.45) is 5.73 Å². The Hall–Kier alpha value is -1.05. The molecule has 0 aliphatic rings. The molecule has 0 atom stereocenters. The molecule has 2 N–H and O–H groups in total. The van der Waals surface area contributed by atoms with Gasteiger partial charge in [-0.25, -0.2) is 0 Å². The molecule has 0 unspecified atom stereocenters. The number of hydrogen-bond acceptors (Lipinski definition) is 1. The van der Waals surface area contributed by atoms with Crippen LogP contribution in [0.3, 0.4) is 0 Å². The summed E-state index contributed by atoms with van der Waals surface area (Å²) in [4.78, 5) is 9.59. The van der Waals surface area contributed by atoms with Gasteiger partial charge in [-0.3, -0.25) is 4.79 Å². The Labute approximate surface area is 57.1 Å². The first-order valence-electron chi connectivity index (χ1n) is 2.55. The Balaban J connectivity index is -0.0000000771. The molecule has 54 valence electrons. The summed E-state index contributed by atoms with van der Waals surface area (Å²) >= 11 is 0. The van der Waals surface area contributed by atoms with E-state index in [9.17, 15) is 4.79 Å². The number of amides is 1. The van der Waals surface area contributed by atoms with E-state index in [1.54, 1.807) is 6.92 Å². The van der Waals surface area contributed by atoms with E-state index < -0.39 is 0 Å². The number of nitrogens with two attached hydrogens (primary N) is 1. The molecule has 0 aliphatic carbocycles. The van der Waals surface area contributed by atoms with Gasteiger partial charge in [-0.2, -0.15) is 0 Å². The predicted octanol–water partition coefficient (Wildman–Crippen LogP) is 1.49. The molecule has 1 amide bonds. The molecule has 2 nitrogen and oxygen atoms in total. The minimum atomic E-state index is -0.245. The average Bonchev–Trinajstić information content (AvgIpc) is 1.97. The third kappa shape index (κ3) is 189. The zero-order valence-corrected chi connectivity index (χ0v) is 6.02. The summed E-state index contributed by atoms with van der Waals surface area (Å²) < 4.78 is 0. The highest BCUT2D eigenvalue weighted by Gasteiger charge is 1.77. The first-order chi connectivity index (χ1) is 4.27. The molecule has 0 aromatic carbocycles. The Morgan fingerprint density at radius 3 is 1.44 bits per heavy atom. The van der Waals surface area contributed by atoms with Crippen molar-refractivity contribution in [3.63, 3.8) is 0 Å². The summed E-state index contributed by atoms with van der Waals surface area (Å²) in [5.74, 6) is -0.245. The van der Waals surface area contributed by atoms with Gasteiger partial charge in [-0.15, -0.1) is 26.3 Å². The number of primary amides is 1. The van der Waals surface area contributed by atoms with Crippen LogP contribution in [0.25, 0.3) is 0 Å². The van der Waals surface area contributed by atoms with Crippen molar-refractivity contribution in [1.82, 2.24) is 0 Å². The van der Waals surface area contributed by atoms with Crippen molar-refractivity contribution in [1.29, 1.82) is 0 Å². The number of carbonyl (C=O) groups is 1. The van der Waals surface area contributed by atoms with Crippen molar-refractivity contribution in [3.8, 4) is 0 Å². The largest absolute Gasteiger partial charge is 0.370 e. The van der Waals surface area contributed by atoms with Gasteiger partial charge in [0.2, 0.25) is 5.91 Å². The van der Waals surface area contributed by atoms with Crippen LogP contribution in [-0.4, -0.2) is 5.91 Å². The summed E-state index contributed by atoms with van der Waals surface area (Å²) in [6.45, 7) is 13.7. The van der Waals surface area contributed by atoms with Crippen LogP contribution in [0.2, 0.25) is 0 Å². The summed E-state index contributed by atoms with van der Waals surface area (Å²) in [5.41, 5.74) is 4.65. The van der Waals surface area contributed by atoms with E-state index in [4.69, 9.17) is 0 Å². The molecular formula is C7H15NO. The van der Waals surface area contributed by atoms with Crippen LogP contribution in [0.1, 0.15) is 13.3 Å². The monoisotopic (exact) mass is 129 g/mol. The maximum atomic E-state index is 9.59. The Kier molecular flexibility index (Phi) is 49.2. The summed E-state index contributed by atoms with van der Waals surface area (Å²) in [5, 5.41) is 0. The average molecular weight is 129 g/mol. The number of hydrogen-bond donors (Lipinski definition) is 1. The van der Waals surface area contributed by atoms with Crippen molar-refractivity contribution in [2.45, 2.75) is 13.3 Å². The van der Waals surface area contributed by atoms with E-state index in [0.717, 1.165) is 0 Å². The maximum absolute atomic E-state index is 9.59. The van der Waals surface area contributed by atoms with Gasteiger partial charge in [0, 0.05) is 6.42 Å². The van der Waals surface area contributed by atoms with E-state index in [-0.39, 0.29) is 5.91 Å². The molecule has 0 spiro atoms. The lowest BCUT2D eigenvalue weighted by Gasteiger charge is -1.73. The maximum Gasteiger partial charge on any atom is 0.217 e. The lowest BCUT2D eigenvalue weighted by Crippen LogP contribution is -2.06. The molecule has 0 aromatic heterocycles. The zero-order valence-electron chi connectivity index (χ0n) is 6.02. The minimum absolute atomic E-state index is 0.245. The first kappa shape index (κ1) is 15.7. The van der Waals surface area contributed by atoms with Gasteiger partial charge in [0.1, 0.15) is 0 Å². The molecule has 0 saturated carbocycles.